The molecule has 0 radical (unpaired) electrons. The summed E-state index contributed by atoms with van der Waals surface area (Å²) in [4.78, 5) is 26.7. The van der Waals surface area contributed by atoms with Gasteiger partial charge in [-0.25, -0.2) is 0 Å². The average Bonchev–Trinajstić information content (AvgIpc) is 2.36. The van der Waals surface area contributed by atoms with E-state index < -0.39 is 0 Å². The Hall–Kier alpha value is -2.07. The highest BCUT2D eigenvalue weighted by Gasteiger charge is 2.31. The van der Waals surface area contributed by atoms with Crippen LogP contribution in [0, 0.1) is 6.92 Å². The zero-order chi connectivity index (χ0) is 14.3. The molecule has 1 N–H and O–H groups in total. The van der Waals surface area contributed by atoms with Crippen molar-refractivity contribution in [2.75, 3.05) is 0 Å². The van der Waals surface area contributed by atoms with Crippen LogP contribution >= 0.6 is 11.6 Å². The number of pyridine rings is 1. The van der Waals surface area contributed by atoms with Crippen molar-refractivity contribution >= 4 is 17.6 Å². The first kappa shape index (κ1) is 12.9. The lowest BCUT2D eigenvalue weighted by atomic mass is 9.87. The molecule has 0 saturated heterocycles. The van der Waals surface area contributed by atoms with E-state index in [0.717, 1.165) is 5.56 Å². The molecule has 1 aromatic carbocycles. The number of benzene rings is 1. The van der Waals surface area contributed by atoms with E-state index in [1.807, 2.05) is 6.07 Å². The number of ether oxygens (including phenoxy) is 1. The molecule has 0 aliphatic carbocycles. The highest BCUT2D eigenvalue weighted by atomic mass is 35.5. The molecule has 5 heteroatoms. The molecule has 1 aliphatic heterocycles. The van der Waals surface area contributed by atoms with Gasteiger partial charge in [0.05, 0.1) is 12.0 Å². The normalized spacial score (nSPS) is 17.5. The third kappa shape index (κ3) is 2.23. The highest BCUT2D eigenvalue weighted by Crippen LogP contribution is 2.37. The molecular weight excluding hydrogens is 278 g/mol. The fourth-order valence-electron chi connectivity index (χ4n) is 2.52. The van der Waals surface area contributed by atoms with Crippen LogP contribution in [0.4, 0.5) is 0 Å². The molecule has 102 valence electrons. The Morgan fingerprint density at radius 2 is 2.10 bits per heavy atom. The second-order valence-corrected chi connectivity index (χ2v) is 5.28. The Bertz CT molecular complexity index is 751. The molecule has 1 aromatic heterocycles. The average molecular weight is 290 g/mol. The number of H-pyrrole nitrogens is 1. The van der Waals surface area contributed by atoms with Crippen molar-refractivity contribution in [2.45, 2.75) is 19.3 Å². The van der Waals surface area contributed by atoms with E-state index in [2.05, 4.69) is 4.98 Å². The van der Waals surface area contributed by atoms with Gasteiger partial charge in [0, 0.05) is 22.7 Å². The lowest BCUT2D eigenvalue weighted by molar-refractivity contribution is -0.135. The summed E-state index contributed by atoms with van der Waals surface area (Å²) in [6, 6.07) is 8.86. The topological polar surface area (TPSA) is 59.2 Å². The molecule has 0 amide bonds. The van der Waals surface area contributed by atoms with E-state index in [1.54, 1.807) is 31.2 Å². The van der Waals surface area contributed by atoms with Gasteiger partial charge in [-0.2, -0.15) is 0 Å². The van der Waals surface area contributed by atoms with Crippen molar-refractivity contribution in [3.63, 3.8) is 0 Å². The number of halogens is 1. The van der Waals surface area contributed by atoms with Crippen LogP contribution < -0.4 is 10.3 Å². The second-order valence-electron chi connectivity index (χ2n) is 4.85. The first-order chi connectivity index (χ1) is 9.54. The van der Waals surface area contributed by atoms with Crippen molar-refractivity contribution in [3.05, 3.63) is 62.5 Å². The summed E-state index contributed by atoms with van der Waals surface area (Å²) in [5, 5.41) is 0.575. The number of fused-ring (bicyclic) bond motifs is 1. The number of carbonyl (C=O) groups excluding carboxylic acids is 1. The van der Waals surface area contributed by atoms with Gasteiger partial charge < -0.3 is 9.72 Å². The molecular formula is C15H12ClNO3. The van der Waals surface area contributed by atoms with Crippen LogP contribution in [0.5, 0.6) is 5.75 Å². The quantitative estimate of drug-likeness (QED) is 0.821. The van der Waals surface area contributed by atoms with E-state index in [-0.39, 0.29) is 23.9 Å². The van der Waals surface area contributed by atoms with Crippen LogP contribution in [0.25, 0.3) is 0 Å². The van der Waals surface area contributed by atoms with Gasteiger partial charge in [0.1, 0.15) is 5.75 Å². The van der Waals surface area contributed by atoms with Crippen molar-refractivity contribution < 1.29 is 9.53 Å². The molecule has 2 heterocycles. The van der Waals surface area contributed by atoms with Crippen molar-refractivity contribution in [3.8, 4) is 5.75 Å². The Morgan fingerprint density at radius 3 is 2.85 bits per heavy atom. The monoisotopic (exact) mass is 289 g/mol. The number of nitrogens with one attached hydrogen (secondary N) is 1. The molecule has 0 unspecified atom stereocenters. The first-order valence-electron chi connectivity index (χ1n) is 6.24. The summed E-state index contributed by atoms with van der Waals surface area (Å²) < 4.78 is 5.18. The number of hydrogen-bond donors (Lipinski definition) is 1. The Balaban J connectivity index is 2.20. The molecule has 0 spiro atoms. The summed E-state index contributed by atoms with van der Waals surface area (Å²) in [6.07, 6.45) is 0.138. The third-order valence-corrected chi connectivity index (χ3v) is 3.60. The molecule has 0 bridgehead atoms. The summed E-state index contributed by atoms with van der Waals surface area (Å²) in [5.74, 6) is -0.325. The van der Waals surface area contributed by atoms with Crippen LogP contribution in [-0.2, 0) is 4.79 Å². The minimum atomic E-state index is -0.340. The van der Waals surface area contributed by atoms with Gasteiger partial charge in [0.25, 0.3) is 5.56 Å². The number of aromatic nitrogens is 1. The summed E-state index contributed by atoms with van der Waals surface area (Å²) >= 11 is 5.99. The van der Waals surface area contributed by atoms with Crippen LogP contribution in [-0.4, -0.2) is 11.0 Å². The minimum Gasteiger partial charge on any atom is -0.426 e. The maximum absolute atomic E-state index is 12.2. The molecule has 0 saturated carbocycles. The number of carbonyl (C=O) groups is 1. The molecule has 3 rings (SSSR count). The predicted octanol–water partition coefficient (Wildman–Crippen LogP) is 2.78. The molecule has 4 nitrogen and oxygen atoms in total. The van der Waals surface area contributed by atoms with Gasteiger partial charge in [-0.3, -0.25) is 9.59 Å². The van der Waals surface area contributed by atoms with Crippen molar-refractivity contribution in [1.82, 2.24) is 4.98 Å². The lowest BCUT2D eigenvalue weighted by Crippen LogP contribution is -2.28. The summed E-state index contributed by atoms with van der Waals surface area (Å²) in [7, 11) is 0. The largest absolute Gasteiger partial charge is 0.426 e. The maximum atomic E-state index is 12.2. The summed E-state index contributed by atoms with van der Waals surface area (Å²) in [5.41, 5.74) is 1.76. The van der Waals surface area contributed by atoms with Crippen LogP contribution in [0.1, 0.15) is 29.2 Å². The van der Waals surface area contributed by atoms with E-state index in [0.29, 0.717) is 22.0 Å². The lowest BCUT2D eigenvalue weighted by Gasteiger charge is -2.24. The Labute approximate surface area is 120 Å². The number of esters is 1. The van der Waals surface area contributed by atoms with Crippen molar-refractivity contribution in [1.29, 1.82) is 0 Å². The van der Waals surface area contributed by atoms with Crippen LogP contribution in [0.15, 0.2) is 35.1 Å². The van der Waals surface area contributed by atoms with E-state index in [9.17, 15) is 9.59 Å². The molecule has 0 fully saturated rings. The first-order valence-corrected chi connectivity index (χ1v) is 6.62. The molecule has 20 heavy (non-hydrogen) atoms. The number of aryl methyl sites for hydroxylation is 1. The molecule has 1 aliphatic rings. The van der Waals surface area contributed by atoms with E-state index in [1.165, 1.54) is 0 Å². The van der Waals surface area contributed by atoms with E-state index in [4.69, 9.17) is 16.3 Å². The highest BCUT2D eigenvalue weighted by molar-refractivity contribution is 6.30. The smallest absolute Gasteiger partial charge is 0.312 e. The van der Waals surface area contributed by atoms with E-state index >= 15 is 0 Å². The Kier molecular flexibility index (Phi) is 3.10. The van der Waals surface area contributed by atoms with Crippen LogP contribution in [0.3, 0.4) is 0 Å². The van der Waals surface area contributed by atoms with Gasteiger partial charge in [-0.05, 0) is 24.6 Å². The van der Waals surface area contributed by atoms with Gasteiger partial charge in [0.15, 0.2) is 0 Å². The predicted molar refractivity (Wildman–Crippen MR) is 75.3 cm³/mol. The minimum absolute atomic E-state index is 0.138. The Morgan fingerprint density at radius 1 is 1.30 bits per heavy atom. The fraction of sp³-hybridized carbons (Fsp3) is 0.200. The van der Waals surface area contributed by atoms with Gasteiger partial charge >= 0.3 is 5.97 Å². The SMILES string of the molecule is Cc1cc2c(c(=O)[nH]1)[C@@H](c1cccc(Cl)c1)CC(=O)O2. The third-order valence-electron chi connectivity index (χ3n) is 3.36. The maximum Gasteiger partial charge on any atom is 0.312 e. The zero-order valence-corrected chi connectivity index (χ0v) is 11.5. The van der Waals surface area contributed by atoms with Crippen molar-refractivity contribution in [2.24, 2.45) is 0 Å². The molecule has 1 atom stereocenters. The number of aromatic amines is 1. The van der Waals surface area contributed by atoms with Crippen LogP contribution in [0.2, 0.25) is 5.02 Å². The second kappa shape index (κ2) is 4.80. The number of rotatable bonds is 1. The number of hydrogen-bond acceptors (Lipinski definition) is 3. The standard InChI is InChI=1S/C15H12ClNO3/c1-8-5-12-14(15(19)17-8)11(7-13(18)20-12)9-3-2-4-10(16)6-9/h2-6,11H,7H2,1H3,(H,17,19)/t11-/m1/s1. The summed E-state index contributed by atoms with van der Waals surface area (Å²) in [6.45, 7) is 1.75. The fourth-order valence-corrected chi connectivity index (χ4v) is 2.72. The zero-order valence-electron chi connectivity index (χ0n) is 10.8. The van der Waals surface area contributed by atoms with Gasteiger partial charge in [-0.15, -0.1) is 0 Å². The van der Waals surface area contributed by atoms with Gasteiger partial charge in [0.2, 0.25) is 0 Å². The van der Waals surface area contributed by atoms with Gasteiger partial charge in [-0.1, -0.05) is 23.7 Å². The molecule has 2 aromatic rings.